The van der Waals surface area contributed by atoms with Crippen LogP contribution in [0.1, 0.15) is 53.7 Å². The van der Waals surface area contributed by atoms with Crippen molar-refractivity contribution in [2.75, 3.05) is 6.54 Å². The highest BCUT2D eigenvalue weighted by molar-refractivity contribution is 5.94. The zero-order chi connectivity index (χ0) is 18.1. The number of piperidine rings is 1. The van der Waals surface area contributed by atoms with Crippen LogP contribution in [-0.2, 0) is 5.60 Å². The molecular weight excluding hydrogens is 324 g/mol. The molecule has 2 aliphatic rings. The molecule has 2 heterocycles. The van der Waals surface area contributed by atoms with Gasteiger partial charge in [-0.25, -0.2) is 0 Å². The highest BCUT2D eigenvalue weighted by atomic mass is 16.3. The summed E-state index contributed by atoms with van der Waals surface area (Å²) in [5.74, 6) is 0.138. The summed E-state index contributed by atoms with van der Waals surface area (Å²) in [4.78, 5) is 19.4. The van der Waals surface area contributed by atoms with Gasteiger partial charge in [0, 0.05) is 30.4 Å². The van der Waals surface area contributed by atoms with Crippen molar-refractivity contribution < 1.29 is 9.90 Å². The minimum absolute atomic E-state index is 0.0458. The van der Waals surface area contributed by atoms with E-state index in [1.807, 2.05) is 54.3 Å². The third-order valence-electron chi connectivity index (χ3n) is 6.17. The molecule has 1 saturated carbocycles. The number of hydrogen-bond donors (Lipinski definition) is 1. The van der Waals surface area contributed by atoms with Gasteiger partial charge in [0.25, 0.3) is 5.91 Å². The number of pyridine rings is 1. The number of amides is 1. The third-order valence-corrected chi connectivity index (χ3v) is 6.17. The quantitative estimate of drug-likeness (QED) is 0.899. The summed E-state index contributed by atoms with van der Waals surface area (Å²) in [5, 5.41) is 11.6. The van der Waals surface area contributed by atoms with Crippen molar-refractivity contribution in [2.45, 2.75) is 50.7 Å². The second kappa shape index (κ2) is 6.84. The van der Waals surface area contributed by atoms with E-state index in [1.54, 1.807) is 6.20 Å². The second-order valence-corrected chi connectivity index (χ2v) is 7.69. The van der Waals surface area contributed by atoms with E-state index in [2.05, 4.69) is 4.98 Å². The van der Waals surface area contributed by atoms with Gasteiger partial charge in [-0.05, 0) is 43.9 Å². The smallest absolute Gasteiger partial charge is 0.255 e. The van der Waals surface area contributed by atoms with Gasteiger partial charge in [-0.3, -0.25) is 9.78 Å². The maximum absolute atomic E-state index is 13.1. The zero-order valence-corrected chi connectivity index (χ0v) is 15.3. The summed E-state index contributed by atoms with van der Waals surface area (Å²) in [6, 6.07) is 13.8. The van der Waals surface area contributed by atoms with Gasteiger partial charge in [-0.1, -0.05) is 43.2 Å². The van der Waals surface area contributed by atoms with Crippen LogP contribution in [-0.4, -0.2) is 33.5 Å². The lowest BCUT2D eigenvalue weighted by atomic mass is 9.66. The van der Waals surface area contributed by atoms with Crippen LogP contribution in [0, 0.1) is 12.8 Å². The molecule has 0 radical (unpaired) electrons. The summed E-state index contributed by atoms with van der Waals surface area (Å²) in [7, 11) is 0. The van der Waals surface area contributed by atoms with E-state index in [-0.39, 0.29) is 17.9 Å². The van der Waals surface area contributed by atoms with E-state index < -0.39 is 5.60 Å². The zero-order valence-electron chi connectivity index (χ0n) is 15.3. The van der Waals surface area contributed by atoms with Crippen LogP contribution in [0.25, 0.3) is 0 Å². The summed E-state index contributed by atoms with van der Waals surface area (Å²) in [6.45, 7) is 2.51. The highest BCUT2D eigenvalue weighted by Crippen LogP contribution is 2.47. The van der Waals surface area contributed by atoms with Gasteiger partial charge < -0.3 is 10.0 Å². The lowest BCUT2D eigenvalue weighted by Crippen LogP contribution is -2.59. The van der Waals surface area contributed by atoms with Crippen LogP contribution < -0.4 is 0 Å². The molecule has 4 rings (SSSR count). The number of aromatic nitrogens is 1. The van der Waals surface area contributed by atoms with E-state index in [0.717, 1.165) is 36.9 Å². The molecule has 2 fully saturated rings. The standard InChI is InChI=1S/C22H26N2O2/c1-16-11-12-17(15-23-16)21(25)24-14-13-22(26,18-7-3-2-4-8-18)19-9-5-6-10-20(19)24/h2-4,7-8,11-12,15,19-20,26H,5-6,9-10,13-14H2,1H3/t19-,20-,22?/m0/s1. The number of rotatable bonds is 2. The van der Waals surface area contributed by atoms with E-state index in [9.17, 15) is 9.90 Å². The first kappa shape index (κ1) is 17.2. The first-order chi connectivity index (χ1) is 12.6. The monoisotopic (exact) mass is 350 g/mol. The first-order valence-electron chi connectivity index (χ1n) is 9.61. The molecule has 2 aromatic rings. The van der Waals surface area contributed by atoms with Crippen molar-refractivity contribution in [3.05, 3.63) is 65.5 Å². The number of carbonyl (C=O) groups is 1. The van der Waals surface area contributed by atoms with Crippen LogP contribution in [0.3, 0.4) is 0 Å². The van der Waals surface area contributed by atoms with Gasteiger partial charge in [-0.2, -0.15) is 0 Å². The maximum Gasteiger partial charge on any atom is 0.255 e. The van der Waals surface area contributed by atoms with Gasteiger partial charge >= 0.3 is 0 Å². The maximum atomic E-state index is 13.1. The van der Waals surface area contributed by atoms with Gasteiger partial charge in [0.1, 0.15) is 0 Å². The molecule has 0 bridgehead atoms. The van der Waals surface area contributed by atoms with Crippen LogP contribution in [0.2, 0.25) is 0 Å². The number of benzene rings is 1. The molecule has 1 unspecified atom stereocenters. The highest BCUT2D eigenvalue weighted by Gasteiger charge is 2.50. The van der Waals surface area contributed by atoms with E-state index in [0.29, 0.717) is 18.5 Å². The Morgan fingerprint density at radius 1 is 1.15 bits per heavy atom. The molecule has 26 heavy (non-hydrogen) atoms. The van der Waals surface area contributed by atoms with Crippen molar-refractivity contribution in [1.29, 1.82) is 0 Å². The number of carbonyl (C=O) groups excluding carboxylic acids is 1. The SMILES string of the molecule is Cc1ccc(C(=O)N2CCC(O)(c3ccccc3)[C@H]3CCCC[C@@H]32)cn1. The summed E-state index contributed by atoms with van der Waals surface area (Å²) in [5.41, 5.74) is 1.70. The van der Waals surface area contributed by atoms with Crippen molar-refractivity contribution >= 4 is 5.91 Å². The average molecular weight is 350 g/mol. The van der Waals surface area contributed by atoms with Crippen molar-refractivity contribution in [2.24, 2.45) is 5.92 Å². The molecule has 1 N–H and O–H groups in total. The topological polar surface area (TPSA) is 53.4 Å². The number of aryl methyl sites for hydroxylation is 1. The molecule has 1 aromatic heterocycles. The lowest BCUT2D eigenvalue weighted by Gasteiger charge is -2.52. The Kier molecular flexibility index (Phi) is 4.53. The molecule has 1 aliphatic carbocycles. The van der Waals surface area contributed by atoms with E-state index in [1.165, 1.54) is 0 Å². The minimum atomic E-state index is -0.839. The van der Waals surface area contributed by atoms with Crippen molar-refractivity contribution in [1.82, 2.24) is 9.88 Å². The fourth-order valence-corrected chi connectivity index (χ4v) is 4.78. The Bertz CT molecular complexity index is 774. The fraction of sp³-hybridized carbons (Fsp3) is 0.455. The number of fused-ring (bicyclic) bond motifs is 1. The molecule has 4 nitrogen and oxygen atoms in total. The molecule has 1 aromatic carbocycles. The molecule has 4 heteroatoms. The second-order valence-electron chi connectivity index (χ2n) is 7.69. The van der Waals surface area contributed by atoms with E-state index >= 15 is 0 Å². The van der Waals surface area contributed by atoms with Gasteiger partial charge in [-0.15, -0.1) is 0 Å². The Morgan fingerprint density at radius 3 is 2.65 bits per heavy atom. The minimum Gasteiger partial charge on any atom is -0.385 e. The summed E-state index contributed by atoms with van der Waals surface area (Å²) in [6.07, 6.45) is 6.42. The molecule has 136 valence electrons. The van der Waals surface area contributed by atoms with Crippen LogP contribution in [0.5, 0.6) is 0 Å². The van der Waals surface area contributed by atoms with Crippen molar-refractivity contribution in [3.63, 3.8) is 0 Å². The molecule has 0 spiro atoms. The predicted octanol–water partition coefficient (Wildman–Crippen LogP) is 3.68. The Morgan fingerprint density at radius 2 is 1.92 bits per heavy atom. The predicted molar refractivity (Wildman–Crippen MR) is 101 cm³/mol. The van der Waals surface area contributed by atoms with Gasteiger partial charge in [0.2, 0.25) is 0 Å². The average Bonchev–Trinajstić information content (AvgIpc) is 2.69. The van der Waals surface area contributed by atoms with E-state index in [4.69, 9.17) is 0 Å². The normalized spacial score (nSPS) is 28.5. The molecular formula is C22H26N2O2. The lowest BCUT2D eigenvalue weighted by molar-refractivity contribution is -0.110. The number of aliphatic hydroxyl groups is 1. The number of nitrogens with zero attached hydrogens (tertiary/aromatic N) is 2. The Labute approximate surface area is 154 Å². The molecule has 3 atom stereocenters. The largest absolute Gasteiger partial charge is 0.385 e. The number of likely N-dealkylation sites (tertiary alicyclic amines) is 1. The molecule has 1 amide bonds. The van der Waals surface area contributed by atoms with Crippen LogP contribution >= 0.6 is 0 Å². The van der Waals surface area contributed by atoms with Crippen molar-refractivity contribution in [3.8, 4) is 0 Å². The molecule has 1 aliphatic heterocycles. The Hall–Kier alpha value is -2.20. The van der Waals surface area contributed by atoms with Gasteiger partial charge in [0.05, 0.1) is 11.2 Å². The van der Waals surface area contributed by atoms with Crippen LogP contribution in [0.15, 0.2) is 48.7 Å². The Balaban J connectivity index is 1.64. The number of hydrogen-bond acceptors (Lipinski definition) is 3. The molecule has 1 saturated heterocycles. The first-order valence-corrected chi connectivity index (χ1v) is 9.61. The van der Waals surface area contributed by atoms with Crippen LogP contribution in [0.4, 0.5) is 0 Å². The third kappa shape index (κ3) is 2.92. The summed E-state index contributed by atoms with van der Waals surface area (Å²) >= 11 is 0. The fourth-order valence-electron chi connectivity index (χ4n) is 4.78. The summed E-state index contributed by atoms with van der Waals surface area (Å²) < 4.78 is 0. The van der Waals surface area contributed by atoms with Gasteiger partial charge in [0.15, 0.2) is 0 Å².